The number of amides is 1. The number of ether oxygens (including phenoxy) is 1. The van der Waals surface area contributed by atoms with Gasteiger partial charge in [0.05, 0.1) is 13.7 Å². The maximum atomic E-state index is 11.9. The molecule has 104 valence electrons. The highest BCUT2D eigenvalue weighted by molar-refractivity contribution is 5.77. The van der Waals surface area contributed by atoms with Crippen LogP contribution in [0.25, 0.3) is 0 Å². The van der Waals surface area contributed by atoms with E-state index >= 15 is 0 Å². The Bertz CT molecular complexity index is 413. The Kier molecular flexibility index (Phi) is 4.80. The average molecular weight is 262 g/mol. The van der Waals surface area contributed by atoms with Gasteiger partial charge in [0.2, 0.25) is 5.91 Å². The molecule has 1 fully saturated rings. The molecule has 4 heteroatoms. The lowest BCUT2D eigenvalue weighted by Gasteiger charge is -2.17. The molecule has 1 amide bonds. The molecule has 19 heavy (non-hydrogen) atoms. The van der Waals surface area contributed by atoms with Crippen molar-refractivity contribution in [1.29, 1.82) is 0 Å². The van der Waals surface area contributed by atoms with E-state index in [1.165, 1.54) is 12.8 Å². The average Bonchev–Trinajstić information content (AvgIpc) is 3.23. The third-order valence-electron chi connectivity index (χ3n) is 3.41. The molecule has 0 atom stereocenters. The molecule has 0 heterocycles. The zero-order valence-electron chi connectivity index (χ0n) is 11.7. The highest BCUT2D eigenvalue weighted by Crippen LogP contribution is 2.27. The quantitative estimate of drug-likeness (QED) is 0.812. The smallest absolute Gasteiger partial charge is 0.236 e. The van der Waals surface area contributed by atoms with E-state index in [9.17, 15) is 4.79 Å². The highest BCUT2D eigenvalue weighted by Gasteiger charge is 2.20. The zero-order chi connectivity index (χ0) is 13.7. The second kappa shape index (κ2) is 6.57. The van der Waals surface area contributed by atoms with Crippen molar-refractivity contribution in [3.8, 4) is 5.75 Å². The molecule has 1 saturated carbocycles. The second-order valence-electron chi connectivity index (χ2n) is 5.17. The van der Waals surface area contributed by atoms with Crippen LogP contribution in [-0.4, -0.2) is 38.1 Å². The molecule has 2 rings (SSSR count). The van der Waals surface area contributed by atoms with Gasteiger partial charge in [0.1, 0.15) is 5.75 Å². The number of carbonyl (C=O) groups excluding carboxylic acids is 1. The maximum absolute atomic E-state index is 11.9. The Morgan fingerprint density at radius 2 is 2.05 bits per heavy atom. The first-order valence-electron chi connectivity index (χ1n) is 6.76. The van der Waals surface area contributed by atoms with Gasteiger partial charge in [-0.15, -0.1) is 0 Å². The largest absolute Gasteiger partial charge is 0.497 e. The molecule has 0 spiro atoms. The predicted octanol–water partition coefficient (Wildman–Crippen LogP) is 1.65. The molecule has 0 saturated heterocycles. The van der Waals surface area contributed by atoms with E-state index in [4.69, 9.17) is 4.74 Å². The van der Waals surface area contributed by atoms with E-state index in [0.29, 0.717) is 13.1 Å². The lowest BCUT2D eigenvalue weighted by Crippen LogP contribution is -2.35. The summed E-state index contributed by atoms with van der Waals surface area (Å²) < 4.78 is 5.11. The lowest BCUT2D eigenvalue weighted by molar-refractivity contribution is -0.129. The van der Waals surface area contributed by atoms with Crippen LogP contribution in [0.15, 0.2) is 24.3 Å². The van der Waals surface area contributed by atoms with Crippen molar-refractivity contribution in [1.82, 2.24) is 10.2 Å². The molecular weight excluding hydrogens is 240 g/mol. The fourth-order valence-electron chi connectivity index (χ4n) is 1.93. The first-order valence-corrected chi connectivity index (χ1v) is 6.76. The van der Waals surface area contributed by atoms with Crippen molar-refractivity contribution in [2.45, 2.75) is 19.4 Å². The number of rotatable bonds is 7. The molecule has 4 nitrogen and oxygen atoms in total. The van der Waals surface area contributed by atoms with Gasteiger partial charge in [0.25, 0.3) is 0 Å². The highest BCUT2D eigenvalue weighted by atomic mass is 16.5. The van der Waals surface area contributed by atoms with E-state index in [1.807, 2.05) is 31.3 Å². The normalized spacial score (nSPS) is 14.2. The summed E-state index contributed by atoms with van der Waals surface area (Å²) in [5, 5.41) is 3.22. The Labute approximate surface area is 114 Å². The first-order chi connectivity index (χ1) is 9.19. The van der Waals surface area contributed by atoms with Crippen LogP contribution in [-0.2, 0) is 11.3 Å². The van der Waals surface area contributed by atoms with E-state index in [0.717, 1.165) is 23.8 Å². The third kappa shape index (κ3) is 4.56. The van der Waals surface area contributed by atoms with Crippen molar-refractivity contribution in [2.24, 2.45) is 5.92 Å². The topological polar surface area (TPSA) is 41.6 Å². The Morgan fingerprint density at radius 1 is 1.37 bits per heavy atom. The Hall–Kier alpha value is -1.55. The summed E-state index contributed by atoms with van der Waals surface area (Å²) in [6.45, 7) is 2.04. The van der Waals surface area contributed by atoms with Gasteiger partial charge < -0.3 is 15.0 Å². The number of hydrogen-bond acceptors (Lipinski definition) is 3. The number of carbonyl (C=O) groups is 1. The molecule has 1 aliphatic carbocycles. The van der Waals surface area contributed by atoms with E-state index < -0.39 is 0 Å². The molecular formula is C15H22N2O2. The molecule has 0 aliphatic heterocycles. The van der Waals surface area contributed by atoms with Gasteiger partial charge in [-0.25, -0.2) is 0 Å². The van der Waals surface area contributed by atoms with Crippen LogP contribution in [0.5, 0.6) is 5.75 Å². The van der Waals surface area contributed by atoms with Crippen LogP contribution in [0.4, 0.5) is 0 Å². The Balaban J connectivity index is 1.74. The van der Waals surface area contributed by atoms with Crippen molar-refractivity contribution >= 4 is 5.91 Å². The summed E-state index contributed by atoms with van der Waals surface area (Å²) in [4.78, 5) is 13.7. The van der Waals surface area contributed by atoms with Crippen LogP contribution < -0.4 is 10.1 Å². The Morgan fingerprint density at radius 3 is 2.63 bits per heavy atom. The minimum absolute atomic E-state index is 0.136. The van der Waals surface area contributed by atoms with E-state index in [1.54, 1.807) is 12.0 Å². The minimum Gasteiger partial charge on any atom is -0.497 e. The monoisotopic (exact) mass is 262 g/mol. The molecule has 1 N–H and O–H groups in total. The van der Waals surface area contributed by atoms with Crippen molar-refractivity contribution in [3.63, 3.8) is 0 Å². The zero-order valence-corrected chi connectivity index (χ0v) is 11.7. The van der Waals surface area contributed by atoms with Crippen LogP contribution in [0, 0.1) is 5.92 Å². The van der Waals surface area contributed by atoms with E-state index in [2.05, 4.69) is 5.32 Å². The molecule has 1 aromatic carbocycles. The fraction of sp³-hybridized carbons (Fsp3) is 0.533. The number of benzene rings is 1. The summed E-state index contributed by atoms with van der Waals surface area (Å²) in [6.07, 6.45) is 2.62. The van der Waals surface area contributed by atoms with E-state index in [-0.39, 0.29) is 5.91 Å². The standard InChI is InChI=1S/C15H22N2O2/c1-17(15(18)10-16-9-12-3-4-12)11-13-5-7-14(19-2)8-6-13/h5-8,12,16H,3-4,9-11H2,1-2H3. The second-order valence-corrected chi connectivity index (χ2v) is 5.17. The first kappa shape index (κ1) is 13.9. The minimum atomic E-state index is 0.136. The van der Waals surface area contributed by atoms with Gasteiger partial charge in [0, 0.05) is 13.6 Å². The number of hydrogen-bond donors (Lipinski definition) is 1. The van der Waals surface area contributed by atoms with Crippen LogP contribution >= 0.6 is 0 Å². The summed E-state index contributed by atoms with van der Waals surface area (Å²) >= 11 is 0. The molecule has 1 aliphatic rings. The summed E-state index contributed by atoms with van der Waals surface area (Å²) in [5.74, 6) is 1.78. The fourth-order valence-corrected chi connectivity index (χ4v) is 1.93. The number of likely N-dealkylation sites (N-methyl/N-ethyl adjacent to an activating group) is 1. The molecule has 0 radical (unpaired) electrons. The van der Waals surface area contributed by atoms with Gasteiger partial charge in [-0.2, -0.15) is 0 Å². The lowest BCUT2D eigenvalue weighted by atomic mass is 10.2. The van der Waals surface area contributed by atoms with Crippen molar-refractivity contribution in [2.75, 3.05) is 27.2 Å². The maximum Gasteiger partial charge on any atom is 0.236 e. The van der Waals surface area contributed by atoms with Gasteiger partial charge in [-0.05, 0) is 43.0 Å². The summed E-state index contributed by atoms with van der Waals surface area (Å²) in [6, 6.07) is 7.80. The van der Waals surface area contributed by atoms with Gasteiger partial charge in [0.15, 0.2) is 0 Å². The van der Waals surface area contributed by atoms with Crippen LogP contribution in [0.2, 0.25) is 0 Å². The molecule has 0 unspecified atom stereocenters. The SMILES string of the molecule is COc1ccc(CN(C)C(=O)CNCC2CC2)cc1. The van der Waals surface area contributed by atoms with Crippen molar-refractivity contribution in [3.05, 3.63) is 29.8 Å². The molecule has 0 aromatic heterocycles. The molecule has 0 bridgehead atoms. The van der Waals surface area contributed by atoms with Gasteiger partial charge >= 0.3 is 0 Å². The predicted molar refractivity (Wildman–Crippen MR) is 75.1 cm³/mol. The summed E-state index contributed by atoms with van der Waals surface area (Å²) in [7, 11) is 3.49. The van der Waals surface area contributed by atoms with Crippen LogP contribution in [0.3, 0.4) is 0 Å². The van der Waals surface area contributed by atoms with Gasteiger partial charge in [-0.1, -0.05) is 12.1 Å². The molecule has 1 aromatic rings. The number of nitrogens with zero attached hydrogens (tertiary/aromatic N) is 1. The van der Waals surface area contributed by atoms with Crippen LogP contribution in [0.1, 0.15) is 18.4 Å². The third-order valence-corrected chi connectivity index (χ3v) is 3.41. The number of nitrogens with one attached hydrogen (secondary N) is 1. The summed E-state index contributed by atoms with van der Waals surface area (Å²) in [5.41, 5.74) is 1.11. The van der Waals surface area contributed by atoms with Gasteiger partial charge in [-0.3, -0.25) is 4.79 Å². The number of methoxy groups -OCH3 is 1. The van der Waals surface area contributed by atoms with Crippen molar-refractivity contribution < 1.29 is 9.53 Å².